The summed E-state index contributed by atoms with van der Waals surface area (Å²) in [7, 11) is 0. The molecule has 0 bridgehead atoms. The number of benzene rings is 1. The first kappa shape index (κ1) is 17.5. The summed E-state index contributed by atoms with van der Waals surface area (Å²) in [5.74, 6) is 0. The van der Waals surface area contributed by atoms with E-state index in [-0.39, 0.29) is 11.8 Å². The van der Waals surface area contributed by atoms with Crippen LogP contribution in [0.5, 0.6) is 0 Å². The minimum atomic E-state index is -0.179. The second-order valence-corrected chi connectivity index (χ2v) is 7.05. The molecule has 2 N–H and O–H groups in total. The lowest BCUT2D eigenvalue weighted by Crippen LogP contribution is -2.57. The number of nitrogens with one attached hydrogen (secondary N) is 2. The topological polar surface area (TPSA) is 42.5 Å². The van der Waals surface area contributed by atoms with Crippen LogP contribution in [0.2, 0.25) is 10.0 Å². The molecule has 2 fully saturated rings. The normalized spacial score (nSPS) is 28.7. The molecular weight excluding hydrogens is 335 g/mol. The van der Waals surface area contributed by atoms with Crippen LogP contribution in [0.3, 0.4) is 0 Å². The van der Waals surface area contributed by atoms with Gasteiger partial charge < -0.3 is 20.1 Å². The van der Waals surface area contributed by atoms with Gasteiger partial charge in [0.25, 0.3) is 0 Å². The van der Waals surface area contributed by atoms with Gasteiger partial charge in [-0.05, 0) is 43.4 Å². The first-order chi connectivity index (χ1) is 11.2. The standard InChI is InChI=1S/C17H24Cl2N2O2/c18-14-5-4-13(11-15(14)19)17(12-20-7-8-21-17)6-10-23-16-3-1-2-9-22-16/h4-5,11,16,20-21H,1-3,6-10,12H2. The van der Waals surface area contributed by atoms with E-state index in [1.54, 1.807) is 0 Å². The smallest absolute Gasteiger partial charge is 0.157 e. The van der Waals surface area contributed by atoms with Gasteiger partial charge in [0, 0.05) is 26.2 Å². The fourth-order valence-corrected chi connectivity index (χ4v) is 3.58. The molecule has 1 aromatic rings. The van der Waals surface area contributed by atoms with Crippen molar-refractivity contribution < 1.29 is 9.47 Å². The van der Waals surface area contributed by atoms with Crippen molar-refractivity contribution in [3.8, 4) is 0 Å². The third kappa shape index (κ3) is 4.38. The summed E-state index contributed by atoms with van der Waals surface area (Å²) in [4.78, 5) is 0. The maximum absolute atomic E-state index is 6.22. The highest BCUT2D eigenvalue weighted by molar-refractivity contribution is 6.42. The molecule has 3 rings (SSSR count). The predicted molar refractivity (Wildman–Crippen MR) is 93.2 cm³/mol. The highest BCUT2D eigenvalue weighted by atomic mass is 35.5. The number of halogens is 2. The summed E-state index contributed by atoms with van der Waals surface area (Å²) in [5.41, 5.74) is 0.966. The number of rotatable bonds is 5. The zero-order valence-corrected chi connectivity index (χ0v) is 14.8. The number of hydrogen-bond donors (Lipinski definition) is 2. The molecule has 6 heteroatoms. The van der Waals surface area contributed by atoms with Gasteiger partial charge in [0.2, 0.25) is 0 Å². The van der Waals surface area contributed by atoms with Crippen LogP contribution in [0, 0.1) is 0 Å². The first-order valence-electron chi connectivity index (χ1n) is 8.34. The molecule has 2 aliphatic rings. The molecule has 0 amide bonds. The van der Waals surface area contributed by atoms with Crippen LogP contribution in [0.1, 0.15) is 31.2 Å². The average Bonchev–Trinajstić information content (AvgIpc) is 2.59. The van der Waals surface area contributed by atoms with E-state index in [4.69, 9.17) is 32.7 Å². The number of hydrogen-bond acceptors (Lipinski definition) is 4. The minimum absolute atomic E-state index is 0.0499. The highest BCUT2D eigenvalue weighted by Gasteiger charge is 2.34. The van der Waals surface area contributed by atoms with Crippen LogP contribution in [-0.2, 0) is 15.0 Å². The van der Waals surface area contributed by atoms with Crippen LogP contribution >= 0.6 is 23.2 Å². The van der Waals surface area contributed by atoms with Crippen LogP contribution in [-0.4, -0.2) is 39.1 Å². The molecule has 0 spiro atoms. The van der Waals surface area contributed by atoms with E-state index in [0.717, 1.165) is 51.1 Å². The van der Waals surface area contributed by atoms with E-state index in [1.165, 1.54) is 6.42 Å². The fraction of sp³-hybridized carbons (Fsp3) is 0.647. The summed E-state index contributed by atoms with van der Waals surface area (Å²) in [6.45, 7) is 4.19. The summed E-state index contributed by atoms with van der Waals surface area (Å²) >= 11 is 12.3. The summed E-state index contributed by atoms with van der Waals surface area (Å²) < 4.78 is 11.6. The van der Waals surface area contributed by atoms with Gasteiger partial charge in [-0.15, -0.1) is 0 Å². The molecule has 0 radical (unpaired) electrons. The summed E-state index contributed by atoms with van der Waals surface area (Å²) in [6, 6.07) is 5.87. The molecule has 2 aliphatic heterocycles. The molecule has 2 saturated heterocycles. The van der Waals surface area contributed by atoms with Gasteiger partial charge in [-0.25, -0.2) is 0 Å². The SMILES string of the molecule is Clc1ccc(C2(CCOC3CCCCO3)CNCCN2)cc1Cl. The van der Waals surface area contributed by atoms with Gasteiger partial charge in [-0.2, -0.15) is 0 Å². The second-order valence-electron chi connectivity index (χ2n) is 6.23. The Labute approximate surface area is 147 Å². The Bertz CT molecular complexity index is 515. The average molecular weight is 359 g/mol. The third-order valence-electron chi connectivity index (χ3n) is 4.63. The van der Waals surface area contributed by atoms with E-state index < -0.39 is 0 Å². The van der Waals surface area contributed by atoms with Crippen molar-refractivity contribution in [2.24, 2.45) is 0 Å². The van der Waals surface area contributed by atoms with Gasteiger partial charge in [-0.3, -0.25) is 0 Å². The lowest BCUT2D eigenvalue weighted by molar-refractivity contribution is -0.165. The Balaban J connectivity index is 1.67. The van der Waals surface area contributed by atoms with Crippen molar-refractivity contribution in [1.82, 2.24) is 10.6 Å². The summed E-state index contributed by atoms with van der Waals surface area (Å²) in [5, 5.41) is 8.29. The fourth-order valence-electron chi connectivity index (χ4n) is 3.28. The van der Waals surface area contributed by atoms with Crippen LogP contribution < -0.4 is 10.6 Å². The molecule has 23 heavy (non-hydrogen) atoms. The molecule has 0 saturated carbocycles. The lowest BCUT2D eigenvalue weighted by atomic mass is 9.85. The van der Waals surface area contributed by atoms with Crippen molar-refractivity contribution in [1.29, 1.82) is 0 Å². The van der Waals surface area contributed by atoms with Crippen molar-refractivity contribution in [3.05, 3.63) is 33.8 Å². The molecule has 1 aromatic carbocycles. The van der Waals surface area contributed by atoms with E-state index in [2.05, 4.69) is 10.6 Å². The maximum Gasteiger partial charge on any atom is 0.157 e. The molecule has 2 unspecified atom stereocenters. The Kier molecular flexibility index (Phi) is 6.19. The Morgan fingerprint density at radius 2 is 2.13 bits per heavy atom. The van der Waals surface area contributed by atoms with Crippen LogP contribution in [0.15, 0.2) is 18.2 Å². The van der Waals surface area contributed by atoms with E-state index in [9.17, 15) is 0 Å². The van der Waals surface area contributed by atoms with Crippen molar-refractivity contribution in [2.45, 2.75) is 37.5 Å². The van der Waals surface area contributed by atoms with E-state index >= 15 is 0 Å². The molecule has 0 aliphatic carbocycles. The monoisotopic (exact) mass is 358 g/mol. The van der Waals surface area contributed by atoms with Crippen molar-refractivity contribution in [3.63, 3.8) is 0 Å². The molecule has 2 heterocycles. The van der Waals surface area contributed by atoms with Gasteiger partial charge in [0.15, 0.2) is 6.29 Å². The minimum Gasteiger partial charge on any atom is -0.353 e. The Morgan fingerprint density at radius 3 is 2.83 bits per heavy atom. The quantitative estimate of drug-likeness (QED) is 0.847. The third-order valence-corrected chi connectivity index (χ3v) is 5.37. The van der Waals surface area contributed by atoms with Gasteiger partial charge in [-0.1, -0.05) is 29.3 Å². The van der Waals surface area contributed by atoms with Gasteiger partial charge >= 0.3 is 0 Å². The van der Waals surface area contributed by atoms with Crippen molar-refractivity contribution in [2.75, 3.05) is 32.8 Å². The lowest BCUT2D eigenvalue weighted by Gasteiger charge is -2.40. The largest absolute Gasteiger partial charge is 0.353 e. The summed E-state index contributed by atoms with van der Waals surface area (Å²) in [6.07, 6.45) is 4.12. The number of piperazine rings is 1. The van der Waals surface area contributed by atoms with Gasteiger partial charge in [0.1, 0.15) is 0 Å². The highest BCUT2D eigenvalue weighted by Crippen LogP contribution is 2.32. The predicted octanol–water partition coefficient (Wildman–Crippen LogP) is 3.31. The van der Waals surface area contributed by atoms with Crippen LogP contribution in [0.25, 0.3) is 0 Å². The molecule has 4 nitrogen and oxygen atoms in total. The van der Waals surface area contributed by atoms with E-state index in [1.807, 2.05) is 18.2 Å². The van der Waals surface area contributed by atoms with E-state index in [0.29, 0.717) is 16.7 Å². The molecular formula is C17H24Cl2N2O2. The second kappa shape index (κ2) is 8.15. The Morgan fingerprint density at radius 1 is 1.22 bits per heavy atom. The zero-order valence-electron chi connectivity index (χ0n) is 13.2. The van der Waals surface area contributed by atoms with Gasteiger partial charge in [0.05, 0.1) is 22.2 Å². The zero-order chi connectivity index (χ0) is 16.1. The molecule has 2 atom stereocenters. The van der Waals surface area contributed by atoms with Crippen LogP contribution in [0.4, 0.5) is 0 Å². The molecule has 0 aromatic heterocycles. The Hall–Kier alpha value is -0.360. The number of ether oxygens (including phenoxy) is 2. The maximum atomic E-state index is 6.22. The molecule has 128 valence electrons. The first-order valence-corrected chi connectivity index (χ1v) is 9.10. The van der Waals surface area contributed by atoms with Crippen molar-refractivity contribution >= 4 is 23.2 Å².